The van der Waals surface area contributed by atoms with E-state index < -0.39 is 0 Å². The number of likely N-dealkylation sites (N-methyl/N-ethyl adjacent to an activating group) is 1. The molecule has 0 aromatic heterocycles. The zero-order valence-electron chi connectivity index (χ0n) is 12.4. The molecule has 0 fully saturated rings. The molecule has 0 N–H and O–H groups in total. The summed E-state index contributed by atoms with van der Waals surface area (Å²) in [6, 6.07) is 3.95. The van der Waals surface area contributed by atoms with Crippen LogP contribution in [-0.2, 0) is 11.2 Å². The van der Waals surface area contributed by atoms with Crippen LogP contribution < -0.4 is 14.2 Å². The predicted molar refractivity (Wildman–Crippen MR) is 74.3 cm³/mol. The quantitative estimate of drug-likeness (QED) is 0.673. The number of nitrogens with zero attached hydrogens (tertiary/aromatic N) is 1. The van der Waals surface area contributed by atoms with Crippen LogP contribution in [0, 0.1) is 0 Å². The van der Waals surface area contributed by atoms with Crippen LogP contribution in [0.1, 0.15) is 5.56 Å². The third kappa shape index (κ3) is 4.29. The molecule has 0 aliphatic carbocycles. The number of ether oxygens (including phenoxy) is 4. The Hall–Kier alpha value is -1.46. The Kier molecular flexibility index (Phi) is 6.45. The van der Waals surface area contributed by atoms with Crippen LogP contribution in [0.3, 0.4) is 0 Å². The van der Waals surface area contributed by atoms with Crippen LogP contribution in [0.25, 0.3) is 0 Å². The standard InChI is InChI=1S/C14H23NO4/c1-15(10-16-2)7-6-11-8-12(17-3)14(19-5)13(9-11)18-4/h8-9H,6-7,10H2,1-5H3. The van der Waals surface area contributed by atoms with Gasteiger partial charge in [-0.15, -0.1) is 0 Å². The minimum atomic E-state index is 0.616. The molecule has 1 aromatic rings. The molecule has 1 aromatic carbocycles. The SMILES string of the molecule is COCN(C)CCc1cc(OC)c(OC)c(OC)c1. The van der Waals surface area contributed by atoms with Crippen molar-refractivity contribution in [2.45, 2.75) is 6.42 Å². The van der Waals surface area contributed by atoms with Gasteiger partial charge in [0.25, 0.3) is 0 Å². The first-order valence-electron chi connectivity index (χ1n) is 6.12. The van der Waals surface area contributed by atoms with Gasteiger partial charge in [-0.2, -0.15) is 0 Å². The van der Waals surface area contributed by atoms with E-state index in [2.05, 4.69) is 4.90 Å². The summed E-state index contributed by atoms with van der Waals surface area (Å²) in [5.41, 5.74) is 1.14. The molecule has 0 bridgehead atoms. The van der Waals surface area contributed by atoms with Crippen molar-refractivity contribution < 1.29 is 18.9 Å². The molecule has 0 heterocycles. The molecule has 19 heavy (non-hydrogen) atoms. The molecule has 5 heteroatoms. The minimum Gasteiger partial charge on any atom is -0.493 e. The van der Waals surface area contributed by atoms with E-state index in [4.69, 9.17) is 18.9 Å². The Morgan fingerprint density at radius 1 is 0.947 bits per heavy atom. The van der Waals surface area contributed by atoms with Gasteiger partial charge in [0.05, 0.1) is 28.1 Å². The van der Waals surface area contributed by atoms with Crippen LogP contribution >= 0.6 is 0 Å². The highest BCUT2D eigenvalue weighted by Gasteiger charge is 2.13. The Balaban J connectivity index is 2.84. The zero-order chi connectivity index (χ0) is 14.3. The van der Waals surface area contributed by atoms with Crippen molar-refractivity contribution in [3.8, 4) is 17.2 Å². The molecule has 0 aliphatic rings. The van der Waals surface area contributed by atoms with E-state index in [-0.39, 0.29) is 0 Å². The number of methoxy groups -OCH3 is 4. The van der Waals surface area contributed by atoms with Crippen molar-refractivity contribution in [2.75, 3.05) is 48.8 Å². The summed E-state index contributed by atoms with van der Waals surface area (Å²) < 4.78 is 21.0. The third-order valence-electron chi connectivity index (χ3n) is 2.86. The minimum absolute atomic E-state index is 0.616. The molecular weight excluding hydrogens is 246 g/mol. The van der Waals surface area contributed by atoms with Gasteiger partial charge in [-0.3, -0.25) is 4.90 Å². The van der Waals surface area contributed by atoms with E-state index in [9.17, 15) is 0 Å². The second kappa shape index (κ2) is 7.86. The molecule has 5 nitrogen and oxygen atoms in total. The molecule has 0 aliphatic heterocycles. The van der Waals surface area contributed by atoms with Gasteiger partial charge in [0.1, 0.15) is 0 Å². The lowest BCUT2D eigenvalue weighted by Crippen LogP contribution is -2.23. The fourth-order valence-corrected chi connectivity index (χ4v) is 1.88. The summed E-state index contributed by atoms with van der Waals surface area (Å²) in [6.07, 6.45) is 0.885. The zero-order valence-corrected chi connectivity index (χ0v) is 12.4. The van der Waals surface area contributed by atoms with Crippen molar-refractivity contribution in [1.29, 1.82) is 0 Å². The van der Waals surface area contributed by atoms with E-state index in [1.807, 2.05) is 19.2 Å². The third-order valence-corrected chi connectivity index (χ3v) is 2.86. The highest BCUT2D eigenvalue weighted by molar-refractivity contribution is 5.53. The fourth-order valence-electron chi connectivity index (χ4n) is 1.88. The van der Waals surface area contributed by atoms with E-state index >= 15 is 0 Å². The first-order valence-corrected chi connectivity index (χ1v) is 6.12. The van der Waals surface area contributed by atoms with Crippen LogP contribution in [0.15, 0.2) is 12.1 Å². The summed E-state index contributed by atoms with van der Waals surface area (Å²) in [6.45, 7) is 1.51. The number of rotatable bonds is 8. The molecular formula is C14H23NO4. The highest BCUT2D eigenvalue weighted by atomic mass is 16.5. The second-order valence-electron chi connectivity index (χ2n) is 4.28. The van der Waals surface area contributed by atoms with E-state index in [1.54, 1.807) is 28.4 Å². The van der Waals surface area contributed by atoms with Crippen LogP contribution in [0.2, 0.25) is 0 Å². The average molecular weight is 269 g/mol. The molecule has 1 rings (SSSR count). The summed E-state index contributed by atoms with van der Waals surface area (Å²) in [5.74, 6) is 2.00. The fraction of sp³-hybridized carbons (Fsp3) is 0.571. The Bertz CT molecular complexity index is 370. The molecule has 0 saturated carbocycles. The van der Waals surface area contributed by atoms with Crippen molar-refractivity contribution in [2.24, 2.45) is 0 Å². The van der Waals surface area contributed by atoms with Gasteiger partial charge in [0.2, 0.25) is 5.75 Å². The van der Waals surface area contributed by atoms with Gasteiger partial charge in [-0.25, -0.2) is 0 Å². The predicted octanol–water partition coefficient (Wildman–Crippen LogP) is 1.79. The Labute approximate surface area is 115 Å². The lowest BCUT2D eigenvalue weighted by atomic mass is 10.1. The lowest BCUT2D eigenvalue weighted by molar-refractivity contribution is 0.0827. The Morgan fingerprint density at radius 2 is 1.53 bits per heavy atom. The molecule has 0 unspecified atom stereocenters. The van der Waals surface area contributed by atoms with Crippen LogP contribution in [-0.4, -0.2) is 53.7 Å². The maximum atomic E-state index is 5.33. The van der Waals surface area contributed by atoms with Gasteiger partial charge in [-0.1, -0.05) is 0 Å². The molecule has 0 spiro atoms. The molecule has 0 atom stereocenters. The smallest absolute Gasteiger partial charge is 0.203 e. The van der Waals surface area contributed by atoms with Crippen molar-refractivity contribution in [1.82, 2.24) is 4.90 Å². The van der Waals surface area contributed by atoms with Crippen molar-refractivity contribution >= 4 is 0 Å². The first-order chi connectivity index (χ1) is 9.15. The number of hydrogen-bond acceptors (Lipinski definition) is 5. The summed E-state index contributed by atoms with van der Waals surface area (Å²) in [5, 5.41) is 0. The second-order valence-corrected chi connectivity index (χ2v) is 4.28. The first kappa shape index (κ1) is 15.6. The molecule has 0 amide bonds. The average Bonchev–Trinajstić information content (AvgIpc) is 2.44. The van der Waals surface area contributed by atoms with Gasteiger partial charge in [0, 0.05) is 13.7 Å². The summed E-state index contributed by atoms with van der Waals surface area (Å²) in [7, 11) is 8.56. The largest absolute Gasteiger partial charge is 0.493 e. The van der Waals surface area contributed by atoms with Gasteiger partial charge >= 0.3 is 0 Å². The van der Waals surface area contributed by atoms with Gasteiger partial charge in [-0.05, 0) is 31.2 Å². The van der Waals surface area contributed by atoms with E-state index in [0.29, 0.717) is 24.0 Å². The number of benzene rings is 1. The van der Waals surface area contributed by atoms with Crippen LogP contribution in [0.4, 0.5) is 0 Å². The summed E-state index contributed by atoms with van der Waals surface area (Å²) >= 11 is 0. The monoisotopic (exact) mass is 269 g/mol. The van der Waals surface area contributed by atoms with E-state index in [0.717, 1.165) is 18.5 Å². The summed E-state index contributed by atoms with van der Waals surface area (Å²) in [4.78, 5) is 2.10. The maximum absolute atomic E-state index is 5.33. The molecule has 0 radical (unpaired) electrons. The lowest BCUT2D eigenvalue weighted by Gasteiger charge is -2.17. The van der Waals surface area contributed by atoms with Crippen LogP contribution in [0.5, 0.6) is 17.2 Å². The maximum Gasteiger partial charge on any atom is 0.203 e. The van der Waals surface area contributed by atoms with Gasteiger partial charge in [0.15, 0.2) is 11.5 Å². The number of hydrogen-bond donors (Lipinski definition) is 0. The Morgan fingerprint density at radius 3 is 1.95 bits per heavy atom. The van der Waals surface area contributed by atoms with Crippen molar-refractivity contribution in [3.05, 3.63) is 17.7 Å². The molecule has 108 valence electrons. The van der Waals surface area contributed by atoms with Crippen molar-refractivity contribution in [3.63, 3.8) is 0 Å². The van der Waals surface area contributed by atoms with E-state index in [1.165, 1.54) is 0 Å². The molecule has 0 saturated heterocycles. The topological polar surface area (TPSA) is 40.2 Å². The highest BCUT2D eigenvalue weighted by Crippen LogP contribution is 2.38. The van der Waals surface area contributed by atoms with Gasteiger partial charge < -0.3 is 18.9 Å². The normalized spacial score (nSPS) is 10.6.